The lowest BCUT2D eigenvalue weighted by Gasteiger charge is -2.03. The molecule has 0 aliphatic heterocycles. The van der Waals surface area contributed by atoms with Crippen molar-refractivity contribution in [1.82, 2.24) is 9.97 Å². The minimum absolute atomic E-state index is 0.760. The molecule has 0 bridgehead atoms. The molecule has 78 valence electrons. The van der Waals surface area contributed by atoms with E-state index < -0.39 is 0 Å². The Bertz CT molecular complexity index is 638. The van der Waals surface area contributed by atoms with Crippen LogP contribution in [0.5, 0.6) is 0 Å². The van der Waals surface area contributed by atoms with E-state index in [0.717, 1.165) is 10.4 Å². The van der Waals surface area contributed by atoms with Gasteiger partial charge >= 0.3 is 0 Å². The molecule has 16 heavy (non-hydrogen) atoms. The van der Waals surface area contributed by atoms with Crippen molar-refractivity contribution < 1.29 is 0 Å². The van der Waals surface area contributed by atoms with Crippen LogP contribution in [0, 0.1) is 0 Å². The van der Waals surface area contributed by atoms with Gasteiger partial charge in [0.25, 0.3) is 0 Å². The molecule has 0 saturated heterocycles. The maximum absolute atomic E-state index is 4.16. The first-order valence-electron chi connectivity index (χ1n) is 5.03. The van der Waals surface area contributed by atoms with Gasteiger partial charge in [0.1, 0.15) is 0 Å². The summed E-state index contributed by atoms with van der Waals surface area (Å²) in [6.45, 7) is 0. The first kappa shape index (κ1) is 9.60. The zero-order valence-electron chi connectivity index (χ0n) is 8.44. The molecule has 0 aliphatic rings. The molecule has 2 aromatic carbocycles. The molecule has 0 spiro atoms. The van der Waals surface area contributed by atoms with Gasteiger partial charge in [-0.25, -0.2) is 4.98 Å². The number of hydrogen-bond acceptors (Lipinski definition) is 1. The van der Waals surface area contributed by atoms with Gasteiger partial charge in [0.05, 0.1) is 11.9 Å². The minimum Gasteiger partial charge on any atom is -0.333 e. The molecule has 2 nitrogen and oxygen atoms in total. The quantitative estimate of drug-likeness (QED) is 0.713. The average Bonchev–Trinajstić information content (AvgIpc) is 2.75. The van der Waals surface area contributed by atoms with Gasteiger partial charge in [0.15, 0.2) is 4.73 Å². The van der Waals surface area contributed by atoms with Crippen LogP contribution >= 0.6 is 15.9 Å². The van der Waals surface area contributed by atoms with Crippen molar-refractivity contribution >= 4 is 26.7 Å². The van der Waals surface area contributed by atoms with Crippen LogP contribution in [0.4, 0.5) is 0 Å². The van der Waals surface area contributed by atoms with Crippen LogP contribution in [0.3, 0.4) is 0 Å². The second-order valence-electron chi connectivity index (χ2n) is 3.61. The number of H-pyrrole nitrogens is 1. The van der Waals surface area contributed by atoms with Crippen molar-refractivity contribution in [1.29, 1.82) is 0 Å². The highest BCUT2D eigenvalue weighted by molar-refractivity contribution is 9.10. The van der Waals surface area contributed by atoms with Gasteiger partial charge in [-0.2, -0.15) is 0 Å². The van der Waals surface area contributed by atoms with Gasteiger partial charge in [0.2, 0.25) is 0 Å². The molecule has 0 aliphatic carbocycles. The Hall–Kier alpha value is -1.61. The van der Waals surface area contributed by atoms with E-state index >= 15 is 0 Å². The Balaban J connectivity index is 2.31. The zero-order valence-corrected chi connectivity index (χ0v) is 10.0. The normalized spacial score (nSPS) is 10.8. The maximum atomic E-state index is 4.16. The van der Waals surface area contributed by atoms with Crippen molar-refractivity contribution in [3.05, 3.63) is 53.4 Å². The number of fused-ring (bicyclic) bond motifs is 1. The molecule has 1 N–H and O–H groups in total. The van der Waals surface area contributed by atoms with Crippen LogP contribution in [0.15, 0.2) is 53.4 Å². The predicted octanol–water partition coefficient (Wildman–Crippen LogP) is 3.99. The van der Waals surface area contributed by atoms with Crippen molar-refractivity contribution in [2.75, 3.05) is 0 Å². The van der Waals surface area contributed by atoms with E-state index in [2.05, 4.69) is 68.4 Å². The van der Waals surface area contributed by atoms with Crippen LogP contribution < -0.4 is 0 Å². The molecule has 0 saturated carbocycles. The van der Waals surface area contributed by atoms with E-state index in [4.69, 9.17) is 0 Å². The third kappa shape index (κ3) is 1.53. The number of halogens is 1. The molecular formula is C13H9BrN2. The van der Waals surface area contributed by atoms with Gasteiger partial charge in [-0.05, 0) is 26.7 Å². The molecule has 0 fully saturated rings. The molecule has 3 aromatic rings. The maximum Gasteiger partial charge on any atom is 0.174 e. The zero-order chi connectivity index (χ0) is 11.0. The average molecular weight is 273 g/mol. The molecule has 0 amide bonds. The summed E-state index contributed by atoms with van der Waals surface area (Å²) >= 11 is 3.33. The van der Waals surface area contributed by atoms with E-state index in [1.807, 2.05) is 6.20 Å². The molecule has 0 radical (unpaired) electrons. The number of nitrogens with one attached hydrogen (secondary N) is 1. The van der Waals surface area contributed by atoms with Gasteiger partial charge in [0, 0.05) is 5.56 Å². The monoisotopic (exact) mass is 272 g/mol. The summed E-state index contributed by atoms with van der Waals surface area (Å²) in [6, 6.07) is 14.6. The van der Waals surface area contributed by atoms with E-state index in [1.165, 1.54) is 16.3 Å². The largest absolute Gasteiger partial charge is 0.333 e. The SMILES string of the molecule is Brc1ncc(-c2cccc3ccccc23)[nH]1. The van der Waals surface area contributed by atoms with Crippen LogP contribution in [-0.2, 0) is 0 Å². The lowest BCUT2D eigenvalue weighted by atomic mass is 10.0. The predicted molar refractivity (Wildman–Crippen MR) is 69.2 cm³/mol. The highest BCUT2D eigenvalue weighted by Crippen LogP contribution is 2.27. The first-order chi connectivity index (χ1) is 7.84. The number of aromatic nitrogens is 2. The smallest absolute Gasteiger partial charge is 0.174 e. The summed E-state index contributed by atoms with van der Waals surface area (Å²) in [5.74, 6) is 0. The van der Waals surface area contributed by atoms with Crippen LogP contribution in [-0.4, -0.2) is 9.97 Å². The third-order valence-electron chi connectivity index (χ3n) is 2.62. The molecule has 1 heterocycles. The van der Waals surface area contributed by atoms with Crippen LogP contribution in [0.2, 0.25) is 0 Å². The fourth-order valence-electron chi connectivity index (χ4n) is 1.89. The summed E-state index contributed by atoms with van der Waals surface area (Å²) in [5, 5.41) is 2.48. The second kappa shape index (κ2) is 3.76. The Labute approximate surface area is 101 Å². The van der Waals surface area contributed by atoms with E-state index in [9.17, 15) is 0 Å². The Morgan fingerprint density at radius 2 is 1.81 bits per heavy atom. The molecule has 3 rings (SSSR count). The van der Waals surface area contributed by atoms with Crippen molar-refractivity contribution in [3.8, 4) is 11.3 Å². The first-order valence-corrected chi connectivity index (χ1v) is 5.82. The molecule has 0 atom stereocenters. The van der Waals surface area contributed by atoms with Gasteiger partial charge in [-0.15, -0.1) is 0 Å². The van der Waals surface area contributed by atoms with Crippen molar-refractivity contribution in [2.24, 2.45) is 0 Å². The van der Waals surface area contributed by atoms with Crippen LogP contribution in [0.25, 0.3) is 22.0 Å². The number of nitrogens with zero attached hydrogens (tertiary/aromatic N) is 1. The Kier molecular flexibility index (Phi) is 2.26. The molecular weight excluding hydrogens is 264 g/mol. The summed E-state index contributed by atoms with van der Waals surface area (Å²) in [5.41, 5.74) is 2.21. The fraction of sp³-hybridized carbons (Fsp3) is 0. The number of rotatable bonds is 1. The second-order valence-corrected chi connectivity index (χ2v) is 4.37. The molecule has 0 unspecified atom stereocenters. The Morgan fingerprint density at radius 3 is 2.62 bits per heavy atom. The van der Waals surface area contributed by atoms with Crippen LogP contribution in [0.1, 0.15) is 0 Å². The third-order valence-corrected chi connectivity index (χ3v) is 3.03. The molecule has 1 aromatic heterocycles. The fourth-order valence-corrected chi connectivity index (χ4v) is 2.21. The summed E-state index contributed by atoms with van der Waals surface area (Å²) in [6.07, 6.45) is 1.84. The Morgan fingerprint density at radius 1 is 1.00 bits per heavy atom. The van der Waals surface area contributed by atoms with E-state index in [-0.39, 0.29) is 0 Å². The number of aromatic amines is 1. The summed E-state index contributed by atoms with van der Waals surface area (Å²) in [4.78, 5) is 7.35. The van der Waals surface area contributed by atoms with Gasteiger partial charge in [-0.3, -0.25) is 0 Å². The summed E-state index contributed by atoms with van der Waals surface area (Å²) < 4.78 is 0.760. The van der Waals surface area contributed by atoms with Crippen molar-refractivity contribution in [2.45, 2.75) is 0 Å². The summed E-state index contributed by atoms with van der Waals surface area (Å²) in [7, 11) is 0. The van der Waals surface area contributed by atoms with Gasteiger partial charge in [-0.1, -0.05) is 42.5 Å². The van der Waals surface area contributed by atoms with Gasteiger partial charge < -0.3 is 4.98 Å². The number of hydrogen-bond donors (Lipinski definition) is 1. The minimum atomic E-state index is 0.760. The topological polar surface area (TPSA) is 28.7 Å². The lowest BCUT2D eigenvalue weighted by Crippen LogP contribution is -1.80. The highest BCUT2D eigenvalue weighted by Gasteiger charge is 2.05. The van der Waals surface area contributed by atoms with E-state index in [0.29, 0.717) is 0 Å². The highest BCUT2D eigenvalue weighted by atomic mass is 79.9. The standard InChI is InChI=1S/C13H9BrN2/c14-13-15-8-12(16-13)11-7-3-5-9-4-1-2-6-10(9)11/h1-8H,(H,15,16). The number of imidazole rings is 1. The number of benzene rings is 2. The molecule has 3 heteroatoms. The van der Waals surface area contributed by atoms with Crippen molar-refractivity contribution in [3.63, 3.8) is 0 Å². The lowest BCUT2D eigenvalue weighted by molar-refractivity contribution is 1.24. The van der Waals surface area contributed by atoms with E-state index in [1.54, 1.807) is 0 Å².